The zero-order valence-electron chi connectivity index (χ0n) is 15.7. The van der Waals surface area contributed by atoms with Crippen LogP contribution in [0.4, 0.5) is 5.69 Å². The van der Waals surface area contributed by atoms with Crippen molar-refractivity contribution in [3.05, 3.63) is 48.5 Å². The molecule has 0 heterocycles. The van der Waals surface area contributed by atoms with E-state index < -0.39 is 9.84 Å². The van der Waals surface area contributed by atoms with Crippen molar-refractivity contribution in [3.63, 3.8) is 0 Å². The van der Waals surface area contributed by atoms with Crippen molar-refractivity contribution in [2.45, 2.75) is 36.5 Å². The summed E-state index contributed by atoms with van der Waals surface area (Å²) in [5, 5.41) is 5.74. The van der Waals surface area contributed by atoms with Gasteiger partial charge in [0.05, 0.1) is 28.6 Å². The quantitative estimate of drug-likeness (QED) is 0.609. The Balaban J connectivity index is 2.28. The van der Waals surface area contributed by atoms with Crippen LogP contribution < -0.4 is 15.4 Å². The third-order valence-corrected chi connectivity index (χ3v) is 5.71. The molecule has 2 aromatic rings. The average Bonchev–Trinajstić information content (AvgIpc) is 2.68. The molecule has 146 valence electrons. The molecule has 2 aromatic carbocycles. The molecule has 2 rings (SSSR count). The third kappa shape index (κ3) is 5.72. The fraction of sp³-hybridized carbons (Fsp3) is 0.350. The van der Waals surface area contributed by atoms with Gasteiger partial charge in [-0.25, -0.2) is 8.42 Å². The summed E-state index contributed by atoms with van der Waals surface area (Å²) in [5.74, 6) is 0.283. The molecule has 2 N–H and O–H groups in total. The number of benzene rings is 2. The first-order valence-electron chi connectivity index (χ1n) is 9.06. The zero-order valence-corrected chi connectivity index (χ0v) is 16.5. The number of carbonyl (C=O) groups excluding carboxylic acids is 1. The van der Waals surface area contributed by atoms with E-state index in [4.69, 9.17) is 4.74 Å². The van der Waals surface area contributed by atoms with E-state index in [1.807, 2.05) is 13.8 Å². The van der Waals surface area contributed by atoms with Gasteiger partial charge in [-0.2, -0.15) is 0 Å². The molecular formula is C20H26N2O4S. The first-order valence-corrected chi connectivity index (χ1v) is 10.5. The molecule has 0 radical (unpaired) electrons. The van der Waals surface area contributed by atoms with Crippen molar-refractivity contribution in [2.24, 2.45) is 0 Å². The van der Waals surface area contributed by atoms with Gasteiger partial charge >= 0.3 is 0 Å². The highest BCUT2D eigenvalue weighted by Crippen LogP contribution is 2.31. The molecule has 0 saturated heterocycles. The lowest BCUT2D eigenvalue weighted by molar-refractivity contribution is -0.119. The lowest BCUT2D eigenvalue weighted by Crippen LogP contribution is -2.30. The molecule has 0 aromatic heterocycles. The van der Waals surface area contributed by atoms with Crippen LogP contribution in [0.25, 0.3) is 0 Å². The smallest absolute Gasteiger partial charge is 0.239 e. The van der Waals surface area contributed by atoms with Crippen LogP contribution in [0.3, 0.4) is 0 Å². The van der Waals surface area contributed by atoms with Crippen LogP contribution in [0.5, 0.6) is 5.75 Å². The van der Waals surface area contributed by atoms with Crippen molar-refractivity contribution in [3.8, 4) is 5.75 Å². The summed E-state index contributed by atoms with van der Waals surface area (Å²) in [6.45, 7) is 4.91. The number of carbonyl (C=O) groups is 1. The minimum Gasteiger partial charge on any atom is -0.494 e. The molecule has 0 saturated carbocycles. The second-order valence-corrected chi connectivity index (χ2v) is 7.88. The van der Waals surface area contributed by atoms with E-state index >= 15 is 0 Å². The lowest BCUT2D eigenvalue weighted by atomic mass is 10.3. The van der Waals surface area contributed by atoms with E-state index in [0.717, 1.165) is 12.8 Å². The van der Waals surface area contributed by atoms with Gasteiger partial charge in [0.2, 0.25) is 15.7 Å². The summed E-state index contributed by atoms with van der Waals surface area (Å²) < 4.78 is 31.6. The van der Waals surface area contributed by atoms with Gasteiger partial charge in [0.1, 0.15) is 5.75 Å². The molecule has 0 spiro atoms. The number of ether oxygens (including phenoxy) is 1. The van der Waals surface area contributed by atoms with Gasteiger partial charge in [0, 0.05) is 12.6 Å². The van der Waals surface area contributed by atoms with E-state index in [9.17, 15) is 13.2 Å². The number of unbranched alkanes of at least 4 members (excludes halogenated alkanes) is 1. The number of anilines is 1. The summed E-state index contributed by atoms with van der Waals surface area (Å²) in [4.78, 5) is 12.2. The average molecular weight is 391 g/mol. The first-order chi connectivity index (χ1) is 13.0. The van der Waals surface area contributed by atoms with E-state index in [1.54, 1.807) is 42.5 Å². The van der Waals surface area contributed by atoms with Gasteiger partial charge in [-0.05, 0) is 37.6 Å². The van der Waals surface area contributed by atoms with Crippen LogP contribution in [0.2, 0.25) is 0 Å². The molecule has 0 atom stereocenters. The summed E-state index contributed by atoms with van der Waals surface area (Å²) in [5.41, 5.74) is 0.368. The summed E-state index contributed by atoms with van der Waals surface area (Å²) in [6.07, 6.45) is 1.90. The highest BCUT2D eigenvalue weighted by atomic mass is 32.2. The first kappa shape index (κ1) is 20.8. The Morgan fingerprint density at radius 2 is 1.81 bits per heavy atom. The topological polar surface area (TPSA) is 84.5 Å². The van der Waals surface area contributed by atoms with Crippen LogP contribution in [0, 0.1) is 0 Å². The molecular weight excluding hydrogens is 364 g/mol. The number of hydrogen-bond donors (Lipinski definition) is 2. The normalized spacial score (nSPS) is 11.0. The fourth-order valence-electron chi connectivity index (χ4n) is 2.50. The maximum absolute atomic E-state index is 13.1. The van der Waals surface area contributed by atoms with Crippen molar-refractivity contribution in [1.82, 2.24) is 5.32 Å². The van der Waals surface area contributed by atoms with Crippen LogP contribution >= 0.6 is 0 Å². The number of sulfone groups is 1. The molecule has 6 nitrogen and oxygen atoms in total. The van der Waals surface area contributed by atoms with Gasteiger partial charge in [0.15, 0.2) is 0 Å². The maximum Gasteiger partial charge on any atom is 0.239 e. The Kier molecular flexibility index (Phi) is 7.67. The minimum atomic E-state index is -3.75. The van der Waals surface area contributed by atoms with Crippen LogP contribution in [-0.2, 0) is 14.6 Å². The summed E-state index contributed by atoms with van der Waals surface area (Å²) in [7, 11) is -3.75. The van der Waals surface area contributed by atoms with Crippen LogP contribution in [0.1, 0.15) is 26.7 Å². The lowest BCUT2D eigenvalue weighted by Gasteiger charge is -2.15. The highest BCUT2D eigenvalue weighted by molar-refractivity contribution is 7.91. The standard InChI is InChI=1S/C20H26N2O4S/c1-3-5-13-21-20(23)15-22-18-12-11-16(26-4-2)14-19(18)27(24,25)17-9-7-6-8-10-17/h6-12,14,22H,3-5,13,15H2,1-2H3,(H,21,23). The maximum atomic E-state index is 13.1. The largest absolute Gasteiger partial charge is 0.494 e. The fourth-order valence-corrected chi connectivity index (χ4v) is 3.97. The van der Waals surface area contributed by atoms with Crippen molar-refractivity contribution in [1.29, 1.82) is 0 Å². The van der Waals surface area contributed by atoms with Gasteiger partial charge < -0.3 is 15.4 Å². The molecule has 0 aliphatic carbocycles. The molecule has 1 amide bonds. The van der Waals surface area contributed by atoms with Gasteiger partial charge in [-0.15, -0.1) is 0 Å². The molecule has 0 fully saturated rings. The number of hydrogen-bond acceptors (Lipinski definition) is 5. The summed E-state index contributed by atoms with van der Waals surface area (Å²) >= 11 is 0. The predicted octanol–water partition coefficient (Wildman–Crippen LogP) is 3.25. The van der Waals surface area contributed by atoms with Crippen molar-refractivity contribution < 1.29 is 17.9 Å². The Bertz CT molecular complexity index is 852. The number of amides is 1. The molecule has 7 heteroatoms. The Labute approximate surface area is 160 Å². The minimum absolute atomic E-state index is 0.00495. The van der Waals surface area contributed by atoms with E-state index in [1.165, 1.54) is 6.07 Å². The molecule has 0 unspecified atom stereocenters. The van der Waals surface area contributed by atoms with Crippen LogP contribution in [0.15, 0.2) is 58.3 Å². The predicted molar refractivity (Wildman–Crippen MR) is 106 cm³/mol. The van der Waals surface area contributed by atoms with E-state index in [0.29, 0.717) is 24.6 Å². The second-order valence-electron chi connectivity index (χ2n) is 5.96. The summed E-state index contributed by atoms with van der Waals surface area (Å²) in [6, 6.07) is 13.0. The second kappa shape index (κ2) is 9.97. The van der Waals surface area contributed by atoms with E-state index in [-0.39, 0.29) is 22.2 Å². The Morgan fingerprint density at radius 1 is 1.07 bits per heavy atom. The zero-order chi connectivity index (χ0) is 19.7. The van der Waals surface area contributed by atoms with Gasteiger partial charge in [-0.3, -0.25) is 4.79 Å². The van der Waals surface area contributed by atoms with Gasteiger partial charge in [0.25, 0.3) is 0 Å². The molecule has 0 bridgehead atoms. The Morgan fingerprint density at radius 3 is 2.48 bits per heavy atom. The Hall–Kier alpha value is -2.54. The van der Waals surface area contributed by atoms with E-state index in [2.05, 4.69) is 10.6 Å². The number of rotatable bonds is 10. The van der Waals surface area contributed by atoms with Crippen molar-refractivity contribution >= 4 is 21.4 Å². The van der Waals surface area contributed by atoms with Crippen LogP contribution in [-0.4, -0.2) is 34.0 Å². The molecule has 0 aliphatic rings. The third-order valence-electron chi connectivity index (χ3n) is 3.90. The SMILES string of the molecule is CCCCNC(=O)CNc1ccc(OCC)cc1S(=O)(=O)c1ccccc1. The molecule has 0 aliphatic heterocycles. The number of nitrogens with one attached hydrogen (secondary N) is 2. The monoisotopic (exact) mass is 390 g/mol. The molecule has 27 heavy (non-hydrogen) atoms. The van der Waals surface area contributed by atoms with Crippen molar-refractivity contribution in [2.75, 3.05) is 25.0 Å². The van der Waals surface area contributed by atoms with Gasteiger partial charge in [-0.1, -0.05) is 31.5 Å². The highest BCUT2D eigenvalue weighted by Gasteiger charge is 2.22.